The Morgan fingerprint density at radius 2 is 0.947 bits per heavy atom. The van der Waals surface area contributed by atoms with Gasteiger partial charge in [-0.05, 0) is 54.6 Å². The van der Waals surface area contributed by atoms with E-state index in [1.165, 1.54) is 74.5 Å². The van der Waals surface area contributed by atoms with Crippen LogP contribution in [0, 0.1) is 0 Å². The number of hydrogen-bond acceptors (Lipinski definition) is 6. The molecule has 0 radical (unpaired) electrons. The highest BCUT2D eigenvalue weighted by atomic mass is 16.4. The standard InChI is InChI=1S/C26H22N4O8/c1-13(31)27-21-11-17(6-8-19(21)25(35)36)29-23(33)15-4-3-5-16(10-15)24(34)30-18-7-9-20(26(37)38)22(12-18)28-14(2)32/h3-12H,1-2H3,(H,27,31)(H,28,32)(H,29,33)(H,30,34)(H,35,36)(H,37,38). The highest BCUT2D eigenvalue weighted by Crippen LogP contribution is 2.24. The summed E-state index contributed by atoms with van der Waals surface area (Å²) >= 11 is 0. The molecular weight excluding hydrogens is 496 g/mol. The molecule has 0 heterocycles. The van der Waals surface area contributed by atoms with Gasteiger partial charge in [0.05, 0.1) is 22.5 Å². The number of carboxylic acids is 2. The molecule has 0 fully saturated rings. The summed E-state index contributed by atoms with van der Waals surface area (Å²) in [7, 11) is 0. The van der Waals surface area contributed by atoms with Crippen molar-refractivity contribution >= 4 is 58.3 Å². The smallest absolute Gasteiger partial charge is 0.337 e. The van der Waals surface area contributed by atoms with E-state index in [9.17, 15) is 39.0 Å². The minimum absolute atomic E-state index is 0.00322. The third-order valence-electron chi connectivity index (χ3n) is 5.02. The van der Waals surface area contributed by atoms with Gasteiger partial charge in [-0.3, -0.25) is 19.2 Å². The van der Waals surface area contributed by atoms with Crippen LogP contribution in [0.1, 0.15) is 55.3 Å². The van der Waals surface area contributed by atoms with Crippen molar-refractivity contribution in [1.82, 2.24) is 0 Å². The molecule has 0 atom stereocenters. The Bertz CT molecular complexity index is 1380. The van der Waals surface area contributed by atoms with Crippen LogP contribution in [0.3, 0.4) is 0 Å². The summed E-state index contributed by atoms with van der Waals surface area (Å²) in [6.07, 6.45) is 0. The number of aromatic carboxylic acids is 2. The number of anilines is 4. The Labute approximate surface area is 215 Å². The highest BCUT2D eigenvalue weighted by Gasteiger charge is 2.16. The van der Waals surface area contributed by atoms with Gasteiger partial charge in [-0.25, -0.2) is 9.59 Å². The first kappa shape index (κ1) is 27.1. The number of carbonyl (C=O) groups is 6. The zero-order valence-electron chi connectivity index (χ0n) is 20.1. The largest absolute Gasteiger partial charge is 0.478 e. The SMILES string of the molecule is CC(=O)Nc1cc(NC(=O)c2cccc(C(=O)Nc3ccc(C(=O)O)c(NC(C)=O)c3)c2)ccc1C(=O)O. The zero-order chi connectivity index (χ0) is 28.0. The number of nitrogens with one attached hydrogen (secondary N) is 4. The van der Waals surface area contributed by atoms with Crippen molar-refractivity contribution < 1.29 is 39.0 Å². The molecule has 3 aromatic carbocycles. The van der Waals surface area contributed by atoms with Crippen LogP contribution in [0.25, 0.3) is 0 Å². The summed E-state index contributed by atoms with van der Waals surface area (Å²) in [5.41, 5.74) is 0.337. The van der Waals surface area contributed by atoms with Crippen molar-refractivity contribution in [2.24, 2.45) is 0 Å². The second-order valence-corrected chi connectivity index (χ2v) is 7.98. The van der Waals surface area contributed by atoms with E-state index in [0.717, 1.165) is 0 Å². The fourth-order valence-corrected chi connectivity index (χ4v) is 3.41. The summed E-state index contributed by atoms with van der Waals surface area (Å²) in [4.78, 5) is 71.2. The van der Waals surface area contributed by atoms with Crippen LogP contribution in [0.4, 0.5) is 22.7 Å². The maximum Gasteiger partial charge on any atom is 0.337 e. The molecule has 3 aromatic rings. The lowest BCUT2D eigenvalue weighted by Crippen LogP contribution is -2.17. The van der Waals surface area contributed by atoms with Crippen molar-refractivity contribution in [3.63, 3.8) is 0 Å². The lowest BCUT2D eigenvalue weighted by atomic mass is 10.1. The topological polar surface area (TPSA) is 191 Å². The summed E-state index contributed by atoms with van der Waals surface area (Å²) in [5.74, 6) is -4.70. The van der Waals surface area contributed by atoms with E-state index in [-0.39, 0.29) is 45.0 Å². The molecule has 0 aliphatic carbocycles. The Morgan fingerprint density at radius 3 is 1.29 bits per heavy atom. The van der Waals surface area contributed by atoms with E-state index in [1.807, 2.05) is 0 Å². The van der Waals surface area contributed by atoms with Gasteiger partial charge in [0.2, 0.25) is 11.8 Å². The third-order valence-corrected chi connectivity index (χ3v) is 5.02. The Kier molecular flexibility index (Phi) is 8.18. The van der Waals surface area contributed by atoms with Gasteiger partial charge in [0.1, 0.15) is 0 Å². The van der Waals surface area contributed by atoms with Crippen LogP contribution in [0.15, 0.2) is 60.7 Å². The Balaban J connectivity index is 1.79. The van der Waals surface area contributed by atoms with Crippen LogP contribution in [0.2, 0.25) is 0 Å². The van der Waals surface area contributed by atoms with Gasteiger partial charge >= 0.3 is 11.9 Å². The van der Waals surface area contributed by atoms with Crippen molar-refractivity contribution in [2.45, 2.75) is 13.8 Å². The van der Waals surface area contributed by atoms with Crippen LogP contribution in [-0.2, 0) is 9.59 Å². The van der Waals surface area contributed by atoms with Crippen LogP contribution in [0.5, 0.6) is 0 Å². The van der Waals surface area contributed by atoms with Crippen LogP contribution < -0.4 is 21.3 Å². The molecular formula is C26H22N4O8. The van der Waals surface area contributed by atoms with E-state index in [0.29, 0.717) is 0 Å². The average molecular weight is 518 g/mol. The van der Waals surface area contributed by atoms with E-state index in [2.05, 4.69) is 21.3 Å². The first-order valence-corrected chi connectivity index (χ1v) is 11.0. The molecule has 0 aromatic heterocycles. The highest BCUT2D eigenvalue weighted by molar-refractivity contribution is 6.10. The molecule has 0 saturated heterocycles. The predicted octanol–water partition coefficient (Wildman–Crippen LogP) is 3.50. The van der Waals surface area contributed by atoms with E-state index in [4.69, 9.17) is 0 Å². The number of carbonyl (C=O) groups excluding carboxylic acids is 4. The van der Waals surface area contributed by atoms with Gasteiger partial charge in [-0.15, -0.1) is 0 Å². The van der Waals surface area contributed by atoms with Crippen LogP contribution in [-0.4, -0.2) is 45.8 Å². The van der Waals surface area contributed by atoms with Gasteiger partial charge in [0.15, 0.2) is 0 Å². The second kappa shape index (κ2) is 11.5. The molecule has 0 saturated carbocycles. The number of amides is 4. The molecule has 12 nitrogen and oxygen atoms in total. The molecule has 12 heteroatoms. The lowest BCUT2D eigenvalue weighted by Gasteiger charge is -2.12. The van der Waals surface area contributed by atoms with E-state index in [1.54, 1.807) is 0 Å². The van der Waals surface area contributed by atoms with Gasteiger partial charge < -0.3 is 31.5 Å². The molecule has 0 unspecified atom stereocenters. The molecule has 194 valence electrons. The fraction of sp³-hybridized carbons (Fsp3) is 0.0769. The van der Waals surface area contributed by atoms with E-state index >= 15 is 0 Å². The van der Waals surface area contributed by atoms with Crippen molar-refractivity contribution in [2.75, 3.05) is 21.3 Å². The summed E-state index contributed by atoms with van der Waals surface area (Å²) in [6.45, 7) is 2.43. The van der Waals surface area contributed by atoms with Crippen LogP contribution >= 0.6 is 0 Å². The van der Waals surface area contributed by atoms with Crippen molar-refractivity contribution in [3.8, 4) is 0 Å². The average Bonchev–Trinajstić information content (AvgIpc) is 2.83. The predicted molar refractivity (Wildman–Crippen MR) is 138 cm³/mol. The molecule has 0 bridgehead atoms. The maximum atomic E-state index is 12.8. The first-order valence-electron chi connectivity index (χ1n) is 11.0. The summed E-state index contributed by atoms with van der Waals surface area (Å²) in [5, 5.41) is 28.5. The Hall–Kier alpha value is -5.52. The zero-order valence-corrected chi connectivity index (χ0v) is 20.1. The number of benzene rings is 3. The molecule has 0 aliphatic rings. The second-order valence-electron chi connectivity index (χ2n) is 7.98. The number of hydrogen-bond donors (Lipinski definition) is 6. The third kappa shape index (κ3) is 6.79. The Morgan fingerprint density at radius 1 is 0.553 bits per heavy atom. The lowest BCUT2D eigenvalue weighted by molar-refractivity contribution is -0.115. The molecule has 3 rings (SSSR count). The monoisotopic (exact) mass is 518 g/mol. The van der Waals surface area contributed by atoms with E-state index < -0.39 is 35.6 Å². The normalized spacial score (nSPS) is 10.2. The van der Waals surface area contributed by atoms with Crippen molar-refractivity contribution in [1.29, 1.82) is 0 Å². The molecule has 4 amide bonds. The first-order chi connectivity index (χ1) is 17.9. The fourth-order valence-electron chi connectivity index (χ4n) is 3.41. The summed E-state index contributed by atoms with van der Waals surface area (Å²) < 4.78 is 0. The number of carboxylic acid groups (broad SMARTS) is 2. The molecule has 38 heavy (non-hydrogen) atoms. The van der Waals surface area contributed by atoms with Gasteiger partial charge in [0.25, 0.3) is 11.8 Å². The van der Waals surface area contributed by atoms with Gasteiger partial charge in [0, 0.05) is 36.3 Å². The molecule has 6 N–H and O–H groups in total. The number of rotatable bonds is 8. The molecule has 0 aliphatic heterocycles. The summed E-state index contributed by atoms with van der Waals surface area (Å²) in [6, 6.07) is 13.5. The van der Waals surface area contributed by atoms with Gasteiger partial charge in [-0.2, -0.15) is 0 Å². The quantitative estimate of drug-likeness (QED) is 0.261. The minimum Gasteiger partial charge on any atom is -0.478 e. The van der Waals surface area contributed by atoms with Gasteiger partial charge in [-0.1, -0.05) is 6.07 Å². The minimum atomic E-state index is -1.26. The maximum absolute atomic E-state index is 12.8. The molecule has 0 spiro atoms. The van der Waals surface area contributed by atoms with Crippen molar-refractivity contribution in [3.05, 3.63) is 82.9 Å².